The van der Waals surface area contributed by atoms with Gasteiger partial charge in [-0.15, -0.1) is 0 Å². The molecule has 0 unspecified atom stereocenters. The molecule has 0 amide bonds. The van der Waals surface area contributed by atoms with Crippen LogP contribution in [0.2, 0.25) is 0 Å². The number of nitrogens with zero attached hydrogens (tertiary/aromatic N) is 1. The van der Waals surface area contributed by atoms with Crippen LogP contribution in [-0.2, 0) is 19.9 Å². The summed E-state index contributed by atoms with van der Waals surface area (Å²) < 4.78 is 49.2. The van der Waals surface area contributed by atoms with Crippen molar-refractivity contribution in [2.75, 3.05) is 18.6 Å². The van der Waals surface area contributed by atoms with Crippen molar-refractivity contribution in [3.8, 4) is 0 Å². The minimum Gasteiger partial charge on any atom is -0.390 e. The second-order valence-electron chi connectivity index (χ2n) is 5.96. The van der Waals surface area contributed by atoms with Gasteiger partial charge in [0.15, 0.2) is 9.84 Å². The lowest BCUT2D eigenvalue weighted by atomic mass is 10.0. The fourth-order valence-electron chi connectivity index (χ4n) is 2.53. The van der Waals surface area contributed by atoms with Gasteiger partial charge in [-0.25, -0.2) is 16.8 Å². The van der Waals surface area contributed by atoms with Gasteiger partial charge < -0.3 is 5.11 Å². The van der Waals surface area contributed by atoms with Gasteiger partial charge in [0.05, 0.1) is 28.5 Å². The Bertz CT molecular complexity index is 738. The standard InChI is InChI=1S/C14H21NO5S2/c1-10(2)11-4-6-12(7-5-11)22(19,20)15(3)13-8-21(17,18)9-14(13)16/h4-7,10,13-14,16H,8-9H2,1-3H3/t13-,14+/m0/s1. The highest BCUT2D eigenvalue weighted by atomic mass is 32.2. The molecule has 0 saturated carbocycles. The average molecular weight is 347 g/mol. The van der Waals surface area contributed by atoms with Gasteiger partial charge in [-0.1, -0.05) is 26.0 Å². The third kappa shape index (κ3) is 3.34. The van der Waals surface area contributed by atoms with Gasteiger partial charge in [0.25, 0.3) is 0 Å². The summed E-state index contributed by atoms with van der Waals surface area (Å²) in [5.74, 6) is -0.464. The number of likely N-dealkylation sites (N-methyl/N-ethyl adjacent to an activating group) is 1. The van der Waals surface area contributed by atoms with Crippen LogP contribution in [0.5, 0.6) is 0 Å². The summed E-state index contributed by atoms with van der Waals surface area (Å²) in [4.78, 5) is 0.0934. The van der Waals surface area contributed by atoms with Crippen molar-refractivity contribution in [1.82, 2.24) is 4.31 Å². The fraction of sp³-hybridized carbons (Fsp3) is 0.571. The molecule has 1 aromatic carbocycles. The van der Waals surface area contributed by atoms with Crippen molar-refractivity contribution in [1.29, 1.82) is 0 Å². The van der Waals surface area contributed by atoms with Gasteiger partial charge in [0, 0.05) is 7.05 Å². The summed E-state index contributed by atoms with van der Waals surface area (Å²) >= 11 is 0. The van der Waals surface area contributed by atoms with Crippen LogP contribution >= 0.6 is 0 Å². The molecule has 1 N–H and O–H groups in total. The van der Waals surface area contributed by atoms with Crippen LogP contribution in [0, 0.1) is 0 Å². The molecule has 1 heterocycles. The quantitative estimate of drug-likeness (QED) is 0.860. The van der Waals surface area contributed by atoms with E-state index in [1.165, 1.54) is 19.2 Å². The van der Waals surface area contributed by atoms with Crippen molar-refractivity contribution < 1.29 is 21.9 Å². The molecule has 1 aliphatic heterocycles. The highest BCUT2D eigenvalue weighted by Gasteiger charge is 2.42. The fourth-order valence-corrected chi connectivity index (χ4v) is 5.85. The van der Waals surface area contributed by atoms with Gasteiger partial charge in [-0.3, -0.25) is 0 Å². The van der Waals surface area contributed by atoms with E-state index in [4.69, 9.17) is 0 Å². The van der Waals surface area contributed by atoms with E-state index in [0.29, 0.717) is 0 Å². The molecule has 2 rings (SSSR count). The van der Waals surface area contributed by atoms with E-state index in [-0.39, 0.29) is 16.6 Å². The molecule has 1 fully saturated rings. The second-order valence-corrected chi connectivity index (χ2v) is 10.1. The molecule has 0 radical (unpaired) electrons. The Kier molecular flexibility index (Phi) is 4.68. The molecular weight excluding hydrogens is 326 g/mol. The number of benzene rings is 1. The topological polar surface area (TPSA) is 91.8 Å². The average Bonchev–Trinajstić information content (AvgIpc) is 2.71. The Balaban J connectivity index is 2.30. The summed E-state index contributed by atoms with van der Waals surface area (Å²) in [6, 6.07) is 5.56. The summed E-state index contributed by atoms with van der Waals surface area (Å²) in [6.45, 7) is 4.02. The largest absolute Gasteiger partial charge is 0.390 e. The van der Waals surface area contributed by atoms with E-state index in [9.17, 15) is 21.9 Å². The zero-order chi connectivity index (χ0) is 16.7. The monoisotopic (exact) mass is 347 g/mol. The normalized spacial score (nSPS) is 25.0. The van der Waals surface area contributed by atoms with E-state index in [1.807, 2.05) is 13.8 Å². The van der Waals surface area contributed by atoms with Crippen molar-refractivity contribution in [2.45, 2.75) is 36.8 Å². The zero-order valence-electron chi connectivity index (χ0n) is 12.8. The minimum atomic E-state index is -3.84. The second kappa shape index (κ2) is 5.92. The lowest BCUT2D eigenvalue weighted by Gasteiger charge is -2.25. The molecule has 0 bridgehead atoms. The molecule has 6 nitrogen and oxygen atoms in total. The van der Waals surface area contributed by atoms with Crippen LogP contribution < -0.4 is 0 Å². The maximum Gasteiger partial charge on any atom is 0.243 e. The van der Waals surface area contributed by atoms with E-state index in [2.05, 4.69) is 0 Å². The SMILES string of the molecule is CC(C)c1ccc(S(=O)(=O)N(C)[C@H]2CS(=O)(=O)C[C@H]2O)cc1. The number of aliphatic hydroxyl groups is 1. The van der Waals surface area contributed by atoms with E-state index < -0.39 is 37.8 Å². The molecule has 2 atom stereocenters. The summed E-state index contributed by atoms with van der Waals surface area (Å²) in [7, 11) is -5.94. The Morgan fingerprint density at radius 2 is 1.73 bits per heavy atom. The third-order valence-electron chi connectivity index (χ3n) is 3.98. The maximum absolute atomic E-state index is 12.6. The molecule has 1 saturated heterocycles. The van der Waals surface area contributed by atoms with E-state index in [1.54, 1.807) is 12.1 Å². The first kappa shape index (κ1) is 17.4. The number of rotatable bonds is 4. The maximum atomic E-state index is 12.6. The minimum absolute atomic E-state index is 0.0934. The highest BCUT2D eigenvalue weighted by Crippen LogP contribution is 2.25. The lowest BCUT2D eigenvalue weighted by Crippen LogP contribution is -2.44. The Hall–Kier alpha value is -0.960. The first-order chi connectivity index (χ1) is 10.0. The number of hydrogen-bond acceptors (Lipinski definition) is 5. The molecule has 0 aromatic heterocycles. The molecule has 0 aliphatic carbocycles. The van der Waals surface area contributed by atoms with Gasteiger partial charge in [0.1, 0.15) is 0 Å². The van der Waals surface area contributed by atoms with Crippen molar-refractivity contribution in [3.05, 3.63) is 29.8 Å². The van der Waals surface area contributed by atoms with E-state index in [0.717, 1.165) is 9.87 Å². The highest BCUT2D eigenvalue weighted by molar-refractivity contribution is 7.92. The predicted molar refractivity (Wildman–Crippen MR) is 83.9 cm³/mol. The zero-order valence-corrected chi connectivity index (χ0v) is 14.4. The van der Waals surface area contributed by atoms with Crippen LogP contribution in [-0.4, -0.2) is 56.9 Å². The first-order valence-electron chi connectivity index (χ1n) is 7.01. The summed E-state index contributed by atoms with van der Waals surface area (Å²) in [5.41, 5.74) is 1.02. The Morgan fingerprint density at radius 1 is 1.18 bits per heavy atom. The smallest absolute Gasteiger partial charge is 0.243 e. The summed E-state index contributed by atoms with van der Waals surface area (Å²) in [5, 5.41) is 9.84. The summed E-state index contributed by atoms with van der Waals surface area (Å²) in [6.07, 6.45) is -1.19. The molecule has 1 aliphatic rings. The first-order valence-corrected chi connectivity index (χ1v) is 10.3. The lowest BCUT2D eigenvalue weighted by molar-refractivity contribution is 0.137. The van der Waals surface area contributed by atoms with Gasteiger partial charge in [-0.05, 0) is 23.6 Å². The number of aliphatic hydroxyl groups excluding tert-OH is 1. The van der Waals surface area contributed by atoms with Gasteiger partial charge >= 0.3 is 0 Å². The van der Waals surface area contributed by atoms with Crippen molar-refractivity contribution in [2.24, 2.45) is 0 Å². The van der Waals surface area contributed by atoms with Gasteiger partial charge in [0.2, 0.25) is 10.0 Å². The molecule has 0 spiro atoms. The van der Waals surface area contributed by atoms with Crippen molar-refractivity contribution >= 4 is 19.9 Å². The predicted octanol–water partition coefficient (Wildman–Crippen LogP) is 0.588. The van der Waals surface area contributed by atoms with Crippen molar-refractivity contribution in [3.63, 3.8) is 0 Å². The number of sulfone groups is 1. The van der Waals surface area contributed by atoms with Crippen LogP contribution in [0.3, 0.4) is 0 Å². The molecule has 8 heteroatoms. The Labute approximate surface area is 131 Å². The third-order valence-corrected chi connectivity index (χ3v) is 7.58. The molecule has 124 valence electrons. The molecular formula is C14H21NO5S2. The van der Waals surface area contributed by atoms with Crippen LogP contribution in [0.25, 0.3) is 0 Å². The van der Waals surface area contributed by atoms with E-state index >= 15 is 0 Å². The number of sulfonamides is 1. The molecule has 1 aromatic rings. The molecule has 22 heavy (non-hydrogen) atoms. The van der Waals surface area contributed by atoms with Crippen LogP contribution in [0.1, 0.15) is 25.3 Å². The van der Waals surface area contributed by atoms with Crippen LogP contribution in [0.15, 0.2) is 29.2 Å². The van der Waals surface area contributed by atoms with Gasteiger partial charge in [-0.2, -0.15) is 4.31 Å². The Morgan fingerprint density at radius 3 is 2.14 bits per heavy atom. The van der Waals surface area contributed by atoms with Crippen LogP contribution in [0.4, 0.5) is 0 Å². The number of hydrogen-bond donors (Lipinski definition) is 1.